The van der Waals surface area contributed by atoms with Gasteiger partial charge in [0.15, 0.2) is 0 Å². The van der Waals surface area contributed by atoms with Gasteiger partial charge in [-0.2, -0.15) is 0 Å². The standard InChI is InChI=1S/C7H6N2S.Na.H/c10-9-5-8-6-3-1-2-4-7(6)9;;/h1-5,10H;;. The molecule has 2 nitrogen and oxygen atoms in total. The number of fused-ring (bicyclic) bond motifs is 1. The van der Waals surface area contributed by atoms with Crippen LogP contribution in [0.5, 0.6) is 0 Å². The van der Waals surface area contributed by atoms with E-state index in [0.29, 0.717) is 0 Å². The van der Waals surface area contributed by atoms with Crippen LogP contribution in [0.3, 0.4) is 0 Å². The monoisotopic (exact) mass is 174 g/mol. The van der Waals surface area contributed by atoms with E-state index in [0.717, 1.165) is 11.0 Å². The number of hydrogen-bond donors (Lipinski definition) is 1. The maximum atomic E-state index is 4.16. The van der Waals surface area contributed by atoms with Crippen LogP contribution >= 0.6 is 12.8 Å². The molecule has 0 unspecified atom stereocenters. The minimum absolute atomic E-state index is 0. The van der Waals surface area contributed by atoms with Crippen molar-refractivity contribution >= 4 is 53.4 Å². The second-order valence-corrected chi connectivity index (χ2v) is 2.51. The number of aromatic nitrogens is 2. The van der Waals surface area contributed by atoms with Gasteiger partial charge in [0.25, 0.3) is 0 Å². The molecule has 0 saturated heterocycles. The average molecular weight is 174 g/mol. The predicted molar refractivity (Wildman–Crippen MR) is 51.3 cm³/mol. The number of para-hydroxylation sites is 2. The van der Waals surface area contributed by atoms with Gasteiger partial charge in [-0.25, -0.2) is 4.98 Å². The summed E-state index contributed by atoms with van der Waals surface area (Å²) < 4.78 is 1.70. The second kappa shape index (κ2) is 3.63. The summed E-state index contributed by atoms with van der Waals surface area (Å²) >= 11 is 4.16. The van der Waals surface area contributed by atoms with Crippen LogP contribution in [-0.2, 0) is 0 Å². The number of thiol groups is 1. The van der Waals surface area contributed by atoms with Gasteiger partial charge in [-0.05, 0) is 12.1 Å². The van der Waals surface area contributed by atoms with Crippen molar-refractivity contribution in [2.75, 3.05) is 0 Å². The SMILES string of the molecule is Sn1cnc2ccccc21.[NaH]. The Hall–Kier alpha value is 0.0400. The second-order valence-electron chi connectivity index (χ2n) is 2.08. The van der Waals surface area contributed by atoms with Crippen LogP contribution in [0.15, 0.2) is 30.6 Å². The molecular weight excluding hydrogens is 167 g/mol. The molecule has 0 spiro atoms. The van der Waals surface area contributed by atoms with Gasteiger partial charge in [0, 0.05) is 0 Å². The molecule has 0 fully saturated rings. The van der Waals surface area contributed by atoms with Gasteiger partial charge >= 0.3 is 29.6 Å². The molecule has 11 heavy (non-hydrogen) atoms. The van der Waals surface area contributed by atoms with Crippen LogP contribution in [0, 0.1) is 0 Å². The molecule has 2 aromatic rings. The molecule has 52 valence electrons. The first-order chi connectivity index (χ1) is 4.88. The Morgan fingerprint density at radius 1 is 1.27 bits per heavy atom. The van der Waals surface area contributed by atoms with Gasteiger partial charge in [-0.1, -0.05) is 24.9 Å². The van der Waals surface area contributed by atoms with Crippen molar-refractivity contribution in [3.8, 4) is 0 Å². The zero-order valence-corrected chi connectivity index (χ0v) is 6.12. The fraction of sp³-hybridized carbons (Fsp3) is 0. The molecule has 0 aliphatic carbocycles. The fourth-order valence-corrected chi connectivity index (χ4v) is 1.17. The third kappa shape index (κ3) is 1.62. The van der Waals surface area contributed by atoms with E-state index < -0.39 is 0 Å². The van der Waals surface area contributed by atoms with E-state index in [4.69, 9.17) is 0 Å². The van der Waals surface area contributed by atoms with Crippen molar-refractivity contribution in [1.82, 2.24) is 8.96 Å². The summed E-state index contributed by atoms with van der Waals surface area (Å²) in [5.41, 5.74) is 2.03. The molecule has 0 saturated carbocycles. The summed E-state index contributed by atoms with van der Waals surface area (Å²) in [6.45, 7) is 0. The van der Waals surface area contributed by atoms with E-state index in [1.54, 1.807) is 10.3 Å². The Labute approximate surface area is 92.5 Å². The van der Waals surface area contributed by atoms with Crippen LogP contribution in [0.25, 0.3) is 11.0 Å². The van der Waals surface area contributed by atoms with Crippen LogP contribution < -0.4 is 0 Å². The topological polar surface area (TPSA) is 17.8 Å². The number of benzene rings is 1. The quantitative estimate of drug-likeness (QED) is 0.467. The molecule has 1 aromatic heterocycles. The first-order valence-corrected chi connectivity index (χ1v) is 3.39. The van der Waals surface area contributed by atoms with Gasteiger partial charge in [0.1, 0.15) is 6.33 Å². The molecule has 1 heterocycles. The Morgan fingerprint density at radius 2 is 2.00 bits per heavy atom. The van der Waals surface area contributed by atoms with Crippen LogP contribution in [0.1, 0.15) is 0 Å². The zero-order chi connectivity index (χ0) is 6.97. The van der Waals surface area contributed by atoms with Gasteiger partial charge in [0.05, 0.1) is 11.0 Å². The molecule has 0 bridgehead atoms. The molecular formula is C7H7N2NaS. The van der Waals surface area contributed by atoms with Crippen molar-refractivity contribution in [1.29, 1.82) is 0 Å². The molecule has 0 atom stereocenters. The third-order valence-corrected chi connectivity index (χ3v) is 1.75. The van der Waals surface area contributed by atoms with E-state index in [2.05, 4.69) is 17.8 Å². The Morgan fingerprint density at radius 3 is 2.73 bits per heavy atom. The predicted octanol–water partition coefficient (Wildman–Crippen LogP) is 1.08. The van der Waals surface area contributed by atoms with Crippen LogP contribution in [0.2, 0.25) is 0 Å². The third-order valence-electron chi connectivity index (χ3n) is 1.43. The van der Waals surface area contributed by atoms with E-state index >= 15 is 0 Å². The van der Waals surface area contributed by atoms with Crippen molar-refractivity contribution in [2.24, 2.45) is 0 Å². The van der Waals surface area contributed by atoms with Gasteiger partial charge in [-0.15, -0.1) is 0 Å². The van der Waals surface area contributed by atoms with E-state index in [1.807, 2.05) is 24.3 Å². The van der Waals surface area contributed by atoms with Crippen molar-refractivity contribution < 1.29 is 0 Å². The van der Waals surface area contributed by atoms with E-state index in [9.17, 15) is 0 Å². The van der Waals surface area contributed by atoms with E-state index in [-0.39, 0.29) is 29.6 Å². The Balaban J connectivity index is 0.000000605. The van der Waals surface area contributed by atoms with Gasteiger partial charge < -0.3 is 0 Å². The van der Waals surface area contributed by atoms with Crippen LogP contribution in [-0.4, -0.2) is 38.5 Å². The average Bonchev–Trinajstić information content (AvgIpc) is 2.34. The van der Waals surface area contributed by atoms with Gasteiger partial charge in [-0.3, -0.25) is 3.97 Å². The number of imidazole rings is 1. The molecule has 0 N–H and O–H groups in total. The summed E-state index contributed by atoms with van der Waals surface area (Å²) in [4.78, 5) is 4.10. The number of hydrogen-bond acceptors (Lipinski definition) is 2. The number of nitrogens with zero attached hydrogens (tertiary/aromatic N) is 2. The Bertz CT molecular complexity index is 358. The van der Waals surface area contributed by atoms with Crippen LogP contribution in [0.4, 0.5) is 0 Å². The summed E-state index contributed by atoms with van der Waals surface area (Å²) in [6.07, 6.45) is 1.69. The molecule has 0 aliphatic heterocycles. The molecule has 1 aromatic carbocycles. The maximum absolute atomic E-state index is 4.16. The Kier molecular flexibility index (Phi) is 3.01. The zero-order valence-electron chi connectivity index (χ0n) is 5.23. The number of rotatable bonds is 0. The molecule has 2 rings (SSSR count). The normalized spacial score (nSPS) is 9.55. The van der Waals surface area contributed by atoms with Crippen molar-refractivity contribution in [3.63, 3.8) is 0 Å². The molecule has 0 aliphatic rings. The van der Waals surface area contributed by atoms with E-state index in [1.165, 1.54) is 0 Å². The summed E-state index contributed by atoms with van der Waals surface area (Å²) in [6, 6.07) is 7.87. The first-order valence-electron chi connectivity index (χ1n) is 2.99. The summed E-state index contributed by atoms with van der Waals surface area (Å²) in [5, 5.41) is 0. The summed E-state index contributed by atoms with van der Waals surface area (Å²) in [7, 11) is 0. The first kappa shape index (κ1) is 9.13. The molecule has 0 radical (unpaired) electrons. The van der Waals surface area contributed by atoms with Gasteiger partial charge in [0.2, 0.25) is 0 Å². The minimum atomic E-state index is 0. The van der Waals surface area contributed by atoms with Crippen molar-refractivity contribution in [2.45, 2.75) is 0 Å². The fourth-order valence-electron chi connectivity index (χ4n) is 0.946. The summed E-state index contributed by atoms with van der Waals surface area (Å²) in [5.74, 6) is 0. The molecule has 4 heteroatoms. The molecule has 0 amide bonds. The van der Waals surface area contributed by atoms with Crippen molar-refractivity contribution in [3.05, 3.63) is 30.6 Å².